The van der Waals surface area contributed by atoms with E-state index in [0.717, 1.165) is 10.6 Å². The normalized spacial score (nSPS) is 12.0. The molecule has 174 valence electrons. The Bertz CT molecular complexity index is 886. The number of hydrogen-bond acceptors (Lipinski definition) is 3. The number of nitrogens with zero attached hydrogens (tertiary/aromatic N) is 1. The molecule has 0 spiro atoms. The zero-order valence-corrected chi connectivity index (χ0v) is 21.6. The molecule has 0 aliphatic heterocycles. The van der Waals surface area contributed by atoms with Gasteiger partial charge in [0.25, 0.3) is 0 Å². The van der Waals surface area contributed by atoms with Crippen molar-refractivity contribution >= 4 is 58.4 Å². The minimum Gasteiger partial charge on any atom is -0.352 e. The fourth-order valence-electron chi connectivity index (χ4n) is 3.24. The minimum atomic E-state index is -0.596. The second-order valence-electron chi connectivity index (χ2n) is 7.72. The third kappa shape index (κ3) is 8.18. The summed E-state index contributed by atoms with van der Waals surface area (Å²) in [5.74, 6) is 0.515. The quantitative estimate of drug-likeness (QED) is 0.263. The molecule has 0 bridgehead atoms. The monoisotopic (exact) mass is 514 g/mol. The lowest BCUT2D eigenvalue weighted by Crippen LogP contribution is -2.50. The van der Waals surface area contributed by atoms with Gasteiger partial charge in [-0.2, -0.15) is 0 Å². The third-order valence-corrected chi connectivity index (χ3v) is 6.88. The van der Waals surface area contributed by atoms with E-state index in [1.54, 1.807) is 34.9 Å². The van der Waals surface area contributed by atoms with E-state index in [4.69, 9.17) is 34.8 Å². The second kappa shape index (κ2) is 13.3. The molecule has 1 N–H and O–H groups in total. The zero-order valence-electron chi connectivity index (χ0n) is 18.5. The average Bonchev–Trinajstić information content (AvgIpc) is 2.73. The Morgan fingerprint density at radius 3 is 2.22 bits per heavy atom. The summed E-state index contributed by atoms with van der Waals surface area (Å²) in [6.07, 6.45) is 1.50. The highest BCUT2D eigenvalue weighted by molar-refractivity contribution is 7.99. The Kier molecular flexibility index (Phi) is 11.2. The molecular formula is C24H29Cl3N2O2S. The third-order valence-electron chi connectivity index (χ3n) is 4.82. The van der Waals surface area contributed by atoms with Gasteiger partial charge < -0.3 is 10.2 Å². The van der Waals surface area contributed by atoms with Crippen molar-refractivity contribution in [3.63, 3.8) is 0 Å². The Morgan fingerprint density at radius 1 is 1.03 bits per heavy atom. The van der Waals surface area contributed by atoms with E-state index in [9.17, 15) is 9.59 Å². The van der Waals surface area contributed by atoms with Crippen LogP contribution in [0.4, 0.5) is 0 Å². The number of thioether (sulfide) groups is 1. The average molecular weight is 516 g/mol. The van der Waals surface area contributed by atoms with Crippen molar-refractivity contribution in [3.8, 4) is 0 Å². The van der Waals surface area contributed by atoms with Crippen molar-refractivity contribution in [2.24, 2.45) is 0 Å². The summed E-state index contributed by atoms with van der Waals surface area (Å²) in [7, 11) is 0. The van der Waals surface area contributed by atoms with E-state index in [1.165, 1.54) is 0 Å². The van der Waals surface area contributed by atoms with Gasteiger partial charge in [0, 0.05) is 44.5 Å². The summed E-state index contributed by atoms with van der Waals surface area (Å²) in [4.78, 5) is 28.8. The van der Waals surface area contributed by atoms with Crippen molar-refractivity contribution in [2.75, 3.05) is 5.75 Å². The van der Waals surface area contributed by atoms with E-state index < -0.39 is 6.04 Å². The summed E-state index contributed by atoms with van der Waals surface area (Å²) >= 11 is 20.3. The Morgan fingerprint density at radius 2 is 1.66 bits per heavy atom. The number of carbonyl (C=O) groups is 2. The molecule has 1 atom stereocenters. The number of nitrogens with one attached hydrogen (secondary N) is 1. The lowest BCUT2D eigenvalue weighted by molar-refractivity contribution is -0.141. The SMILES string of the molecule is CCC(C(=O)NC(C)C)N(Cc1c(Cl)cccc1Cl)C(=O)CCCSc1ccc(Cl)cc1. The highest BCUT2D eigenvalue weighted by Gasteiger charge is 2.29. The maximum absolute atomic E-state index is 13.2. The number of hydrogen-bond donors (Lipinski definition) is 1. The lowest BCUT2D eigenvalue weighted by Gasteiger charge is -2.31. The fourth-order valence-corrected chi connectivity index (χ4v) is 4.74. The number of benzene rings is 2. The van der Waals surface area contributed by atoms with Gasteiger partial charge in [0.15, 0.2) is 0 Å². The molecule has 8 heteroatoms. The zero-order chi connectivity index (χ0) is 23.7. The molecule has 0 aliphatic rings. The van der Waals surface area contributed by atoms with Crippen molar-refractivity contribution in [2.45, 2.75) is 63.6 Å². The van der Waals surface area contributed by atoms with Crippen LogP contribution in [-0.2, 0) is 16.1 Å². The van der Waals surface area contributed by atoms with Crippen molar-refractivity contribution in [1.82, 2.24) is 10.2 Å². The summed E-state index contributed by atoms with van der Waals surface area (Å²) in [6, 6.07) is 12.2. The first-order valence-corrected chi connectivity index (χ1v) is 12.8. The van der Waals surface area contributed by atoms with Gasteiger partial charge in [-0.3, -0.25) is 9.59 Å². The molecule has 4 nitrogen and oxygen atoms in total. The van der Waals surface area contributed by atoms with Crippen LogP contribution in [-0.4, -0.2) is 34.6 Å². The molecule has 2 amide bonds. The van der Waals surface area contributed by atoms with E-state index in [1.807, 2.05) is 45.0 Å². The molecule has 2 rings (SSSR count). The highest BCUT2D eigenvalue weighted by Crippen LogP contribution is 2.28. The molecule has 0 saturated carbocycles. The van der Waals surface area contributed by atoms with Gasteiger partial charge in [0.05, 0.1) is 0 Å². The molecule has 0 saturated heterocycles. The molecule has 0 fully saturated rings. The Balaban J connectivity index is 2.12. The summed E-state index contributed by atoms with van der Waals surface area (Å²) < 4.78 is 0. The molecule has 0 heterocycles. The topological polar surface area (TPSA) is 49.4 Å². The molecule has 1 unspecified atom stereocenters. The minimum absolute atomic E-state index is 0.0202. The van der Waals surface area contributed by atoms with Gasteiger partial charge in [-0.05, 0) is 68.8 Å². The largest absolute Gasteiger partial charge is 0.352 e. The van der Waals surface area contributed by atoms with Crippen LogP contribution in [0.3, 0.4) is 0 Å². The van der Waals surface area contributed by atoms with Crippen molar-refractivity contribution < 1.29 is 9.59 Å². The van der Waals surface area contributed by atoms with Gasteiger partial charge in [0.1, 0.15) is 6.04 Å². The molecule has 32 heavy (non-hydrogen) atoms. The van der Waals surface area contributed by atoms with Crippen LogP contribution in [0, 0.1) is 0 Å². The first-order valence-electron chi connectivity index (χ1n) is 10.6. The van der Waals surface area contributed by atoms with Crippen LogP contribution in [0.5, 0.6) is 0 Å². The lowest BCUT2D eigenvalue weighted by atomic mass is 10.1. The second-order valence-corrected chi connectivity index (χ2v) is 10.1. The number of amides is 2. The van der Waals surface area contributed by atoms with Crippen LogP contribution in [0.1, 0.15) is 45.6 Å². The summed E-state index contributed by atoms with van der Waals surface area (Å²) in [6.45, 7) is 5.88. The van der Waals surface area contributed by atoms with Gasteiger partial charge in [-0.15, -0.1) is 11.8 Å². The standard InChI is InChI=1S/C24H29Cl3N2O2S/c1-4-22(24(31)28-16(2)3)29(15-19-20(26)7-5-8-21(19)27)23(30)9-6-14-32-18-12-10-17(25)11-13-18/h5,7-8,10-13,16,22H,4,6,9,14-15H2,1-3H3,(H,28,31). The predicted molar refractivity (Wildman–Crippen MR) is 136 cm³/mol. The highest BCUT2D eigenvalue weighted by atomic mass is 35.5. The summed E-state index contributed by atoms with van der Waals surface area (Å²) in [5.41, 5.74) is 0.649. The molecule has 0 aliphatic carbocycles. The fraction of sp³-hybridized carbons (Fsp3) is 0.417. The smallest absolute Gasteiger partial charge is 0.243 e. The maximum Gasteiger partial charge on any atom is 0.243 e. The Labute approximate surface area is 210 Å². The van der Waals surface area contributed by atoms with E-state index in [2.05, 4.69) is 5.32 Å². The first kappa shape index (κ1) is 26.8. The van der Waals surface area contributed by atoms with Crippen LogP contribution in [0.15, 0.2) is 47.4 Å². The molecule has 2 aromatic carbocycles. The van der Waals surface area contributed by atoms with Crippen LogP contribution in [0.25, 0.3) is 0 Å². The number of halogens is 3. The van der Waals surface area contributed by atoms with Gasteiger partial charge in [-0.1, -0.05) is 47.8 Å². The first-order chi connectivity index (χ1) is 15.2. The van der Waals surface area contributed by atoms with Gasteiger partial charge in [-0.25, -0.2) is 0 Å². The van der Waals surface area contributed by atoms with E-state index in [0.29, 0.717) is 39.9 Å². The Hall–Kier alpha value is -1.40. The van der Waals surface area contributed by atoms with Gasteiger partial charge in [0.2, 0.25) is 11.8 Å². The maximum atomic E-state index is 13.2. The molecule has 0 radical (unpaired) electrons. The number of rotatable bonds is 11. The van der Waals surface area contributed by atoms with Crippen molar-refractivity contribution in [1.29, 1.82) is 0 Å². The van der Waals surface area contributed by atoms with E-state index >= 15 is 0 Å². The molecule has 2 aromatic rings. The predicted octanol–water partition coefficient (Wildman–Crippen LogP) is 6.85. The summed E-state index contributed by atoms with van der Waals surface area (Å²) in [5, 5.41) is 4.58. The van der Waals surface area contributed by atoms with Gasteiger partial charge >= 0.3 is 0 Å². The van der Waals surface area contributed by atoms with Crippen LogP contribution in [0.2, 0.25) is 15.1 Å². The van der Waals surface area contributed by atoms with Crippen molar-refractivity contribution in [3.05, 3.63) is 63.1 Å². The van der Waals surface area contributed by atoms with Crippen LogP contribution < -0.4 is 5.32 Å². The number of carbonyl (C=O) groups excluding carboxylic acids is 2. The molecular weight excluding hydrogens is 487 g/mol. The van der Waals surface area contributed by atoms with E-state index in [-0.39, 0.29) is 24.4 Å². The molecule has 0 aromatic heterocycles. The van der Waals surface area contributed by atoms with Crippen LogP contribution >= 0.6 is 46.6 Å².